The molecule has 9 rings (SSSR count). The molecule has 246 valence electrons. The average Bonchev–Trinajstić information content (AvgIpc) is 3.58. The molecule has 2 aromatic heterocycles. The van der Waals surface area contributed by atoms with Gasteiger partial charge in [-0.05, 0) is 75.5 Å². The average molecular weight is 668 g/mol. The Balaban J connectivity index is 1.19. The van der Waals surface area contributed by atoms with E-state index in [-0.39, 0.29) is 0 Å². The molecule has 0 aliphatic carbocycles. The van der Waals surface area contributed by atoms with E-state index >= 15 is 0 Å². The zero-order valence-electron chi connectivity index (χ0n) is 28.6. The van der Waals surface area contributed by atoms with Crippen LogP contribution in [0.15, 0.2) is 180 Å². The molecule has 0 atom stereocenters. The summed E-state index contributed by atoms with van der Waals surface area (Å²) in [7, 11) is 0. The summed E-state index contributed by atoms with van der Waals surface area (Å²) in [4.78, 5) is 15.2. The number of hydrogen-bond acceptors (Lipinski definition) is 4. The lowest BCUT2D eigenvalue weighted by molar-refractivity contribution is 0.669. The van der Waals surface area contributed by atoms with Crippen molar-refractivity contribution in [1.82, 2.24) is 15.0 Å². The van der Waals surface area contributed by atoms with Gasteiger partial charge in [0.25, 0.3) is 0 Å². The number of furan rings is 1. The van der Waals surface area contributed by atoms with Crippen LogP contribution in [-0.2, 0) is 0 Å². The van der Waals surface area contributed by atoms with E-state index in [1.807, 2.05) is 67.6 Å². The van der Waals surface area contributed by atoms with Gasteiger partial charge in [-0.1, -0.05) is 152 Å². The Kier molecular flexibility index (Phi) is 8.03. The Morgan fingerprint density at radius 3 is 2.00 bits per heavy atom. The molecule has 4 nitrogen and oxygen atoms in total. The van der Waals surface area contributed by atoms with Crippen molar-refractivity contribution in [3.63, 3.8) is 0 Å². The molecule has 0 amide bonds. The van der Waals surface area contributed by atoms with E-state index in [4.69, 9.17) is 19.4 Å². The van der Waals surface area contributed by atoms with Gasteiger partial charge in [0, 0.05) is 27.5 Å². The Bertz CT molecular complexity index is 2860. The first-order chi connectivity index (χ1) is 25.7. The highest BCUT2D eigenvalue weighted by Gasteiger charge is 2.19. The quantitative estimate of drug-likeness (QED) is 0.159. The third kappa shape index (κ3) is 5.76. The van der Waals surface area contributed by atoms with Gasteiger partial charge in [-0.2, -0.15) is 0 Å². The van der Waals surface area contributed by atoms with Crippen molar-refractivity contribution < 1.29 is 4.42 Å². The molecule has 0 bridgehead atoms. The van der Waals surface area contributed by atoms with Gasteiger partial charge in [-0.25, -0.2) is 15.0 Å². The van der Waals surface area contributed by atoms with Crippen LogP contribution in [0.25, 0.3) is 94.8 Å². The fourth-order valence-corrected chi connectivity index (χ4v) is 6.98. The maximum Gasteiger partial charge on any atom is 0.164 e. The number of rotatable bonds is 7. The van der Waals surface area contributed by atoms with E-state index in [2.05, 4.69) is 121 Å². The summed E-state index contributed by atoms with van der Waals surface area (Å²) in [5.41, 5.74) is 7.89. The summed E-state index contributed by atoms with van der Waals surface area (Å²) < 4.78 is 6.45. The number of hydrogen-bond donors (Lipinski definition) is 0. The molecule has 0 aliphatic heterocycles. The summed E-state index contributed by atoms with van der Waals surface area (Å²) in [5.74, 6) is 1.91. The van der Waals surface area contributed by atoms with Crippen LogP contribution in [0.3, 0.4) is 0 Å². The van der Waals surface area contributed by atoms with Crippen LogP contribution in [0.2, 0.25) is 0 Å². The molecule has 0 fully saturated rings. The third-order valence-electron chi connectivity index (χ3n) is 9.47. The van der Waals surface area contributed by atoms with Gasteiger partial charge in [0.2, 0.25) is 0 Å². The molecule has 7 aromatic carbocycles. The molecule has 4 heteroatoms. The first-order valence-corrected chi connectivity index (χ1v) is 17.5. The molecule has 0 radical (unpaired) electrons. The largest absolute Gasteiger partial charge is 0.456 e. The van der Waals surface area contributed by atoms with E-state index in [0.717, 1.165) is 71.5 Å². The minimum absolute atomic E-state index is 0.632. The Labute approximate surface area is 301 Å². The van der Waals surface area contributed by atoms with Gasteiger partial charge in [0.05, 0.1) is 0 Å². The topological polar surface area (TPSA) is 51.8 Å². The van der Waals surface area contributed by atoms with E-state index in [1.165, 1.54) is 5.39 Å². The molecule has 52 heavy (non-hydrogen) atoms. The van der Waals surface area contributed by atoms with Crippen LogP contribution in [-0.4, -0.2) is 15.0 Å². The second kappa shape index (κ2) is 13.4. The molecule has 9 aromatic rings. The monoisotopic (exact) mass is 667 g/mol. The molecule has 0 aliphatic rings. The summed E-state index contributed by atoms with van der Waals surface area (Å²) in [6.07, 6.45) is 12.2. The SMILES string of the molecule is C\C=C/C=C\C=C\c1ccc2c(c1)oc1cccc(-c3ccc(-c4nc(-c5ccccc5)nc(-c5ccc6ccccc6c5)n4)c4ccccc34)c12. The summed E-state index contributed by atoms with van der Waals surface area (Å²) in [6.45, 7) is 2.01. The van der Waals surface area contributed by atoms with Crippen LogP contribution < -0.4 is 0 Å². The predicted octanol–water partition coefficient (Wildman–Crippen LogP) is 12.9. The van der Waals surface area contributed by atoms with Crippen molar-refractivity contribution in [2.24, 2.45) is 0 Å². The standard InChI is InChI=1S/C48H33N3O/c1-2-3-4-5-7-15-32-24-27-42-44(30-32)52-43-23-14-22-40(45(42)43)39-28-29-41(38-21-13-12-20-37(38)39)48-50-46(34-17-8-6-9-18-34)49-47(51-48)36-26-25-33-16-10-11-19-35(33)31-36/h2-31H,1H3/b3-2-,5-4-,15-7+. The Hall–Kier alpha value is -6.91. The van der Waals surface area contributed by atoms with E-state index in [0.29, 0.717) is 17.5 Å². The van der Waals surface area contributed by atoms with Crippen molar-refractivity contribution in [3.8, 4) is 45.3 Å². The van der Waals surface area contributed by atoms with Crippen molar-refractivity contribution in [3.05, 3.63) is 182 Å². The van der Waals surface area contributed by atoms with Crippen LogP contribution in [0.5, 0.6) is 0 Å². The number of allylic oxidation sites excluding steroid dienone is 5. The van der Waals surface area contributed by atoms with Crippen LogP contribution in [0, 0.1) is 0 Å². The number of fused-ring (bicyclic) bond motifs is 5. The Morgan fingerprint density at radius 1 is 0.442 bits per heavy atom. The number of aromatic nitrogens is 3. The van der Waals surface area contributed by atoms with Gasteiger partial charge in [0.1, 0.15) is 11.2 Å². The van der Waals surface area contributed by atoms with Crippen molar-refractivity contribution in [2.45, 2.75) is 6.92 Å². The van der Waals surface area contributed by atoms with Crippen LogP contribution in [0.4, 0.5) is 0 Å². The number of benzene rings is 7. The minimum Gasteiger partial charge on any atom is -0.456 e. The summed E-state index contributed by atoms with van der Waals surface area (Å²) in [5, 5.41) is 6.69. The Morgan fingerprint density at radius 2 is 1.15 bits per heavy atom. The lowest BCUT2D eigenvalue weighted by Gasteiger charge is -2.14. The van der Waals surface area contributed by atoms with Gasteiger partial charge in [0.15, 0.2) is 17.5 Å². The van der Waals surface area contributed by atoms with Gasteiger partial charge >= 0.3 is 0 Å². The maximum atomic E-state index is 6.45. The minimum atomic E-state index is 0.632. The molecule has 0 spiro atoms. The lowest BCUT2D eigenvalue weighted by atomic mass is 9.92. The molecular formula is C48H33N3O. The highest BCUT2D eigenvalue weighted by atomic mass is 16.3. The third-order valence-corrected chi connectivity index (χ3v) is 9.47. The highest BCUT2D eigenvalue weighted by molar-refractivity contribution is 6.16. The summed E-state index contributed by atoms with van der Waals surface area (Å²) in [6, 6.07) is 50.4. The molecule has 0 saturated heterocycles. The van der Waals surface area contributed by atoms with Crippen molar-refractivity contribution in [2.75, 3.05) is 0 Å². The number of nitrogens with zero attached hydrogens (tertiary/aromatic N) is 3. The van der Waals surface area contributed by atoms with Crippen molar-refractivity contribution in [1.29, 1.82) is 0 Å². The van der Waals surface area contributed by atoms with Gasteiger partial charge in [-0.15, -0.1) is 0 Å². The summed E-state index contributed by atoms with van der Waals surface area (Å²) >= 11 is 0. The normalized spacial score (nSPS) is 12.1. The van der Waals surface area contributed by atoms with Crippen LogP contribution in [0.1, 0.15) is 12.5 Å². The highest BCUT2D eigenvalue weighted by Crippen LogP contribution is 2.41. The van der Waals surface area contributed by atoms with Crippen molar-refractivity contribution >= 4 is 49.6 Å². The second-order valence-electron chi connectivity index (χ2n) is 12.7. The molecular weight excluding hydrogens is 635 g/mol. The van der Waals surface area contributed by atoms with Gasteiger partial charge < -0.3 is 4.42 Å². The van der Waals surface area contributed by atoms with E-state index in [1.54, 1.807) is 0 Å². The smallest absolute Gasteiger partial charge is 0.164 e. The first kappa shape index (κ1) is 31.1. The molecule has 0 unspecified atom stereocenters. The predicted molar refractivity (Wildman–Crippen MR) is 217 cm³/mol. The molecule has 0 N–H and O–H groups in total. The fraction of sp³-hybridized carbons (Fsp3) is 0.0208. The lowest BCUT2D eigenvalue weighted by Crippen LogP contribution is -2.00. The van der Waals surface area contributed by atoms with E-state index in [9.17, 15) is 0 Å². The second-order valence-corrected chi connectivity index (χ2v) is 12.7. The maximum absolute atomic E-state index is 6.45. The van der Waals surface area contributed by atoms with E-state index < -0.39 is 0 Å². The van der Waals surface area contributed by atoms with Gasteiger partial charge in [-0.3, -0.25) is 0 Å². The first-order valence-electron chi connectivity index (χ1n) is 17.5. The molecule has 0 saturated carbocycles. The fourth-order valence-electron chi connectivity index (χ4n) is 6.98. The zero-order valence-corrected chi connectivity index (χ0v) is 28.6. The zero-order chi connectivity index (χ0) is 34.9. The van der Waals surface area contributed by atoms with Crippen LogP contribution >= 0.6 is 0 Å². The molecule has 2 heterocycles.